The highest BCUT2D eigenvalue weighted by molar-refractivity contribution is 6.09. The van der Waals surface area contributed by atoms with E-state index in [4.69, 9.17) is 0 Å². The van der Waals surface area contributed by atoms with Gasteiger partial charge in [0.25, 0.3) is 11.5 Å². The number of nitrogens with one attached hydrogen (secondary N) is 2. The molecule has 5 aromatic rings. The fourth-order valence-corrected chi connectivity index (χ4v) is 3.70. The molecule has 0 aliphatic carbocycles. The first-order chi connectivity index (χ1) is 14.7. The van der Waals surface area contributed by atoms with Crippen molar-refractivity contribution >= 4 is 33.1 Å². The van der Waals surface area contributed by atoms with Crippen LogP contribution in [0, 0.1) is 0 Å². The maximum Gasteiger partial charge on any atom is 0.261 e. The summed E-state index contributed by atoms with van der Waals surface area (Å²) >= 11 is 0. The van der Waals surface area contributed by atoms with Gasteiger partial charge >= 0.3 is 0 Å². The van der Waals surface area contributed by atoms with Gasteiger partial charge in [0.15, 0.2) is 0 Å². The highest BCUT2D eigenvalue weighted by atomic mass is 16.2. The number of anilines is 1. The van der Waals surface area contributed by atoms with Crippen molar-refractivity contribution in [3.63, 3.8) is 0 Å². The predicted octanol–water partition coefficient (Wildman–Crippen LogP) is 5.60. The van der Waals surface area contributed by atoms with Crippen LogP contribution in [0.25, 0.3) is 32.8 Å². The minimum Gasteiger partial charge on any atom is -0.321 e. The van der Waals surface area contributed by atoms with Crippen LogP contribution < -0.4 is 10.9 Å². The van der Waals surface area contributed by atoms with E-state index in [1.54, 1.807) is 12.1 Å². The van der Waals surface area contributed by atoms with Crippen molar-refractivity contribution in [2.45, 2.75) is 0 Å². The van der Waals surface area contributed by atoms with Crippen LogP contribution in [-0.2, 0) is 0 Å². The number of aromatic amines is 1. The third-order valence-electron chi connectivity index (χ3n) is 5.25. The average molecular weight is 390 g/mol. The molecule has 1 amide bonds. The molecular weight excluding hydrogens is 372 g/mol. The van der Waals surface area contributed by atoms with E-state index in [1.807, 2.05) is 84.9 Å². The number of aromatic nitrogens is 1. The van der Waals surface area contributed by atoms with Gasteiger partial charge in [0.1, 0.15) is 5.56 Å². The first-order valence-electron chi connectivity index (χ1n) is 9.71. The molecule has 0 atom stereocenters. The molecule has 0 aliphatic rings. The molecule has 0 unspecified atom stereocenters. The predicted molar refractivity (Wildman–Crippen MR) is 122 cm³/mol. The second-order valence-electron chi connectivity index (χ2n) is 7.16. The Kier molecular flexibility index (Phi) is 4.37. The van der Waals surface area contributed by atoms with Crippen LogP contribution in [0.15, 0.2) is 102 Å². The number of rotatable bonds is 3. The number of hydrogen-bond acceptors (Lipinski definition) is 2. The third-order valence-corrected chi connectivity index (χ3v) is 5.25. The zero-order chi connectivity index (χ0) is 20.5. The van der Waals surface area contributed by atoms with Crippen molar-refractivity contribution in [3.8, 4) is 11.3 Å². The molecule has 4 aromatic carbocycles. The number of H-pyrrole nitrogens is 1. The van der Waals surface area contributed by atoms with Crippen molar-refractivity contribution in [1.82, 2.24) is 4.98 Å². The Morgan fingerprint density at radius 1 is 0.700 bits per heavy atom. The number of amides is 1. The van der Waals surface area contributed by atoms with Gasteiger partial charge in [-0.1, -0.05) is 72.8 Å². The molecule has 4 nitrogen and oxygen atoms in total. The molecule has 5 rings (SSSR count). The summed E-state index contributed by atoms with van der Waals surface area (Å²) in [5, 5.41) is 7.04. The maximum absolute atomic E-state index is 12.8. The molecule has 0 saturated heterocycles. The van der Waals surface area contributed by atoms with E-state index in [-0.39, 0.29) is 5.56 Å². The van der Waals surface area contributed by atoms with Gasteiger partial charge in [-0.05, 0) is 46.0 Å². The Morgan fingerprint density at radius 2 is 1.43 bits per heavy atom. The minimum absolute atomic E-state index is 0.0764. The Labute approximate surface area is 172 Å². The molecular formula is C26H18N2O2. The number of carbonyl (C=O) groups excluding carboxylic acids is 1. The molecule has 144 valence electrons. The van der Waals surface area contributed by atoms with E-state index in [0.717, 1.165) is 27.1 Å². The van der Waals surface area contributed by atoms with Gasteiger partial charge in [-0.3, -0.25) is 9.59 Å². The molecule has 0 bridgehead atoms. The molecule has 0 aliphatic heterocycles. The van der Waals surface area contributed by atoms with E-state index >= 15 is 0 Å². The lowest BCUT2D eigenvalue weighted by Gasteiger charge is -2.09. The average Bonchev–Trinajstić information content (AvgIpc) is 2.79. The zero-order valence-corrected chi connectivity index (χ0v) is 16.1. The van der Waals surface area contributed by atoms with E-state index in [0.29, 0.717) is 11.4 Å². The van der Waals surface area contributed by atoms with Gasteiger partial charge in [0.2, 0.25) is 0 Å². The Morgan fingerprint density at radius 3 is 2.27 bits per heavy atom. The van der Waals surface area contributed by atoms with Gasteiger partial charge in [0.05, 0.1) is 0 Å². The van der Waals surface area contributed by atoms with E-state index in [1.165, 1.54) is 0 Å². The largest absolute Gasteiger partial charge is 0.321 e. The van der Waals surface area contributed by atoms with Crippen LogP contribution in [0.3, 0.4) is 0 Å². The first-order valence-corrected chi connectivity index (χ1v) is 9.71. The van der Waals surface area contributed by atoms with Gasteiger partial charge in [-0.25, -0.2) is 0 Å². The van der Waals surface area contributed by atoms with Crippen molar-refractivity contribution in [2.75, 3.05) is 5.32 Å². The van der Waals surface area contributed by atoms with E-state index < -0.39 is 11.5 Å². The zero-order valence-electron chi connectivity index (χ0n) is 16.1. The van der Waals surface area contributed by atoms with Gasteiger partial charge < -0.3 is 10.3 Å². The minimum atomic E-state index is -0.433. The van der Waals surface area contributed by atoms with Gasteiger partial charge in [-0.15, -0.1) is 0 Å². The van der Waals surface area contributed by atoms with E-state index in [2.05, 4.69) is 10.3 Å². The van der Waals surface area contributed by atoms with Crippen LogP contribution in [0.4, 0.5) is 5.69 Å². The quantitative estimate of drug-likeness (QED) is 0.421. The number of hydrogen-bond donors (Lipinski definition) is 2. The van der Waals surface area contributed by atoms with Crippen LogP contribution in [0.5, 0.6) is 0 Å². The molecule has 0 radical (unpaired) electrons. The number of benzene rings is 4. The second-order valence-corrected chi connectivity index (χ2v) is 7.16. The lowest BCUT2D eigenvalue weighted by Crippen LogP contribution is -2.23. The first kappa shape index (κ1) is 17.9. The molecule has 4 heteroatoms. The normalized spacial score (nSPS) is 10.9. The van der Waals surface area contributed by atoms with Gasteiger partial charge in [0, 0.05) is 16.8 Å². The second kappa shape index (κ2) is 7.33. The summed E-state index contributed by atoms with van der Waals surface area (Å²) in [5.74, 6) is -0.433. The number of fused-ring (bicyclic) bond motifs is 2. The van der Waals surface area contributed by atoms with E-state index in [9.17, 15) is 9.59 Å². The van der Waals surface area contributed by atoms with Crippen LogP contribution >= 0.6 is 0 Å². The topological polar surface area (TPSA) is 62.0 Å². The van der Waals surface area contributed by atoms with Crippen LogP contribution in [0.1, 0.15) is 10.4 Å². The fourth-order valence-electron chi connectivity index (χ4n) is 3.70. The molecule has 30 heavy (non-hydrogen) atoms. The monoisotopic (exact) mass is 390 g/mol. The Balaban J connectivity index is 1.46. The Bertz CT molecular complexity index is 1460. The Hall–Kier alpha value is -4.18. The highest BCUT2D eigenvalue weighted by Crippen LogP contribution is 2.24. The van der Waals surface area contributed by atoms with Gasteiger partial charge in [-0.2, -0.15) is 0 Å². The SMILES string of the molecule is O=C(Nc1cccc2ccccc12)c1ccc(-c2ccc3ccccc3c2)[nH]c1=O. The molecule has 0 fully saturated rings. The molecule has 2 N–H and O–H groups in total. The standard InChI is InChI=1S/C26H18N2O2/c29-25-22(26(30)28-24-11-5-9-18-7-3-4-10-21(18)24)14-15-23(27-25)20-13-12-17-6-1-2-8-19(17)16-20/h1-16H,(H,27,29)(H,28,30). The van der Waals surface area contributed by atoms with Crippen molar-refractivity contribution in [1.29, 1.82) is 0 Å². The summed E-state index contributed by atoms with van der Waals surface area (Å²) in [5.41, 5.74) is 1.90. The number of carbonyl (C=O) groups is 1. The lowest BCUT2D eigenvalue weighted by atomic mass is 10.0. The van der Waals surface area contributed by atoms with Crippen LogP contribution in [-0.4, -0.2) is 10.9 Å². The summed E-state index contributed by atoms with van der Waals surface area (Å²) in [6.45, 7) is 0. The van der Waals surface area contributed by atoms with Crippen molar-refractivity contribution < 1.29 is 4.79 Å². The molecule has 0 spiro atoms. The molecule has 0 saturated carbocycles. The number of pyridine rings is 1. The maximum atomic E-state index is 12.8. The summed E-state index contributed by atoms with van der Waals surface area (Å²) < 4.78 is 0. The summed E-state index contributed by atoms with van der Waals surface area (Å²) in [6.07, 6.45) is 0. The fraction of sp³-hybridized carbons (Fsp3) is 0. The summed E-state index contributed by atoms with van der Waals surface area (Å²) in [7, 11) is 0. The highest BCUT2D eigenvalue weighted by Gasteiger charge is 2.13. The molecule has 1 heterocycles. The smallest absolute Gasteiger partial charge is 0.261 e. The van der Waals surface area contributed by atoms with Crippen molar-refractivity contribution in [3.05, 3.63) is 113 Å². The van der Waals surface area contributed by atoms with Crippen molar-refractivity contribution in [2.24, 2.45) is 0 Å². The van der Waals surface area contributed by atoms with Crippen LogP contribution in [0.2, 0.25) is 0 Å². The third kappa shape index (κ3) is 3.25. The summed E-state index contributed by atoms with van der Waals surface area (Å²) in [4.78, 5) is 28.3. The summed E-state index contributed by atoms with van der Waals surface area (Å²) in [6, 6.07) is 30.9. The lowest BCUT2D eigenvalue weighted by molar-refractivity contribution is 0.102. The molecule has 1 aromatic heterocycles.